The quantitative estimate of drug-likeness (QED) is 0.520. The lowest BCUT2D eigenvalue weighted by atomic mass is 9.99. The Balaban J connectivity index is 2.25. The van der Waals surface area contributed by atoms with Gasteiger partial charge < -0.3 is 0 Å². The lowest BCUT2D eigenvalue weighted by Crippen LogP contribution is -1.86. The Labute approximate surface area is 96.9 Å². The number of rotatable bonds is 0. The van der Waals surface area contributed by atoms with Gasteiger partial charge in [0.1, 0.15) is 0 Å². The van der Waals surface area contributed by atoms with Gasteiger partial charge in [0.05, 0.1) is 0 Å². The fourth-order valence-corrected chi connectivity index (χ4v) is 2.61. The van der Waals surface area contributed by atoms with Gasteiger partial charge in [-0.05, 0) is 60.6 Å². The third-order valence-electron chi connectivity index (χ3n) is 3.65. The molecular weight excluding hydrogens is 192 g/mol. The smallest absolute Gasteiger partial charge is 0.00133 e. The van der Waals surface area contributed by atoms with Crippen LogP contribution in [0.3, 0.4) is 0 Å². The number of fused-ring (bicyclic) bond motifs is 3. The van der Waals surface area contributed by atoms with Crippen LogP contribution in [0.2, 0.25) is 0 Å². The molecule has 0 N–H and O–H groups in total. The highest BCUT2D eigenvalue weighted by atomic mass is 14.2. The second-order valence-corrected chi connectivity index (χ2v) is 4.93. The molecule has 16 heavy (non-hydrogen) atoms. The highest BCUT2D eigenvalue weighted by molar-refractivity contribution is 5.78. The number of hydrogen-bond donors (Lipinski definition) is 0. The topological polar surface area (TPSA) is 0 Å². The third kappa shape index (κ3) is 1.30. The van der Waals surface area contributed by atoms with E-state index in [2.05, 4.69) is 51.1 Å². The van der Waals surface area contributed by atoms with Crippen molar-refractivity contribution in [3.05, 3.63) is 58.1 Å². The van der Waals surface area contributed by atoms with Crippen LogP contribution in [0, 0.1) is 20.8 Å². The fraction of sp³-hybridized carbons (Fsp3) is 0.250. The number of aryl methyl sites for hydroxylation is 3. The summed E-state index contributed by atoms with van der Waals surface area (Å²) in [6, 6.07) is 11.5. The minimum absolute atomic E-state index is 1.10. The predicted octanol–water partition coefficient (Wildman–Crippen LogP) is 4.18. The average molecular weight is 208 g/mol. The molecule has 0 nitrogen and oxygen atoms in total. The van der Waals surface area contributed by atoms with E-state index in [1.165, 1.54) is 38.9 Å². The Bertz CT molecular complexity index is 577. The maximum Gasteiger partial charge on any atom is -0.00133 e. The second kappa shape index (κ2) is 3.21. The van der Waals surface area contributed by atoms with E-state index in [9.17, 15) is 0 Å². The van der Waals surface area contributed by atoms with Crippen LogP contribution in [0.15, 0.2) is 30.3 Å². The maximum atomic E-state index is 2.35. The summed E-state index contributed by atoms with van der Waals surface area (Å²) in [7, 11) is 0. The molecule has 2 aromatic rings. The molecule has 0 radical (unpaired) electrons. The summed E-state index contributed by atoms with van der Waals surface area (Å²) in [4.78, 5) is 0. The molecule has 1 aliphatic rings. The van der Waals surface area contributed by atoms with E-state index < -0.39 is 0 Å². The van der Waals surface area contributed by atoms with Gasteiger partial charge in [0.25, 0.3) is 0 Å². The lowest BCUT2D eigenvalue weighted by Gasteiger charge is -2.05. The molecule has 0 spiro atoms. The molecule has 3 rings (SSSR count). The summed E-state index contributed by atoms with van der Waals surface area (Å²) < 4.78 is 0. The van der Waals surface area contributed by atoms with E-state index >= 15 is 0 Å². The molecule has 0 saturated carbocycles. The molecule has 0 fully saturated rings. The highest BCUT2D eigenvalue weighted by Crippen LogP contribution is 2.38. The van der Waals surface area contributed by atoms with Crippen molar-refractivity contribution in [2.45, 2.75) is 27.2 Å². The van der Waals surface area contributed by atoms with Crippen molar-refractivity contribution in [1.82, 2.24) is 0 Å². The van der Waals surface area contributed by atoms with Crippen molar-refractivity contribution < 1.29 is 0 Å². The second-order valence-electron chi connectivity index (χ2n) is 4.93. The van der Waals surface area contributed by atoms with Crippen molar-refractivity contribution >= 4 is 0 Å². The Kier molecular flexibility index (Phi) is 1.94. The van der Waals surface area contributed by atoms with Crippen LogP contribution in [-0.4, -0.2) is 0 Å². The van der Waals surface area contributed by atoms with Crippen molar-refractivity contribution in [2.24, 2.45) is 0 Å². The third-order valence-corrected chi connectivity index (χ3v) is 3.65. The van der Waals surface area contributed by atoms with E-state index in [1.807, 2.05) is 0 Å². The minimum Gasteiger partial charge on any atom is -0.0587 e. The summed E-state index contributed by atoms with van der Waals surface area (Å²) in [5.41, 5.74) is 10.0. The first kappa shape index (κ1) is 9.65. The van der Waals surface area contributed by atoms with Crippen molar-refractivity contribution in [3.8, 4) is 11.1 Å². The number of benzene rings is 2. The fourth-order valence-electron chi connectivity index (χ4n) is 2.61. The van der Waals surface area contributed by atoms with Gasteiger partial charge in [-0.2, -0.15) is 0 Å². The Hall–Kier alpha value is -1.56. The molecule has 0 amide bonds. The molecule has 0 atom stereocenters. The Morgan fingerprint density at radius 2 is 1.44 bits per heavy atom. The molecular formula is C16H16. The van der Waals surface area contributed by atoms with Crippen molar-refractivity contribution in [1.29, 1.82) is 0 Å². The van der Waals surface area contributed by atoms with Gasteiger partial charge in [0.2, 0.25) is 0 Å². The SMILES string of the molecule is Cc1ccc2c(c1)Cc1cc(C)c(C)cc1-2. The summed E-state index contributed by atoms with van der Waals surface area (Å²) in [6.07, 6.45) is 1.10. The zero-order valence-electron chi connectivity index (χ0n) is 10.1. The predicted molar refractivity (Wildman–Crippen MR) is 68.9 cm³/mol. The van der Waals surface area contributed by atoms with Crippen LogP contribution in [0.5, 0.6) is 0 Å². The van der Waals surface area contributed by atoms with Crippen LogP contribution >= 0.6 is 0 Å². The van der Waals surface area contributed by atoms with Crippen molar-refractivity contribution in [2.75, 3.05) is 0 Å². The molecule has 1 aliphatic carbocycles. The van der Waals surface area contributed by atoms with Crippen LogP contribution in [0.4, 0.5) is 0 Å². The van der Waals surface area contributed by atoms with Gasteiger partial charge in [-0.15, -0.1) is 0 Å². The molecule has 0 saturated heterocycles. The molecule has 0 bridgehead atoms. The van der Waals surface area contributed by atoms with Gasteiger partial charge >= 0.3 is 0 Å². The van der Waals surface area contributed by atoms with Crippen LogP contribution in [0.25, 0.3) is 11.1 Å². The standard InChI is InChI=1S/C16H16/c1-10-4-5-15-13(6-10)9-14-7-11(2)12(3)8-16(14)15/h4-8H,9H2,1-3H3. The molecule has 2 aromatic carbocycles. The van der Waals surface area contributed by atoms with Gasteiger partial charge in [-0.1, -0.05) is 35.9 Å². The normalized spacial score (nSPS) is 12.4. The highest BCUT2D eigenvalue weighted by Gasteiger charge is 2.18. The van der Waals surface area contributed by atoms with Crippen molar-refractivity contribution in [3.63, 3.8) is 0 Å². The molecule has 0 heteroatoms. The molecule has 0 heterocycles. The van der Waals surface area contributed by atoms with Gasteiger partial charge in [0.15, 0.2) is 0 Å². The van der Waals surface area contributed by atoms with Crippen LogP contribution in [0.1, 0.15) is 27.8 Å². The van der Waals surface area contributed by atoms with E-state index in [-0.39, 0.29) is 0 Å². The molecule has 80 valence electrons. The molecule has 0 aromatic heterocycles. The molecule has 0 unspecified atom stereocenters. The van der Waals surface area contributed by atoms with Gasteiger partial charge in [-0.3, -0.25) is 0 Å². The summed E-state index contributed by atoms with van der Waals surface area (Å²) in [6.45, 7) is 6.56. The first-order chi connectivity index (χ1) is 7.65. The Morgan fingerprint density at radius 3 is 2.25 bits per heavy atom. The van der Waals surface area contributed by atoms with E-state index in [0.717, 1.165) is 6.42 Å². The summed E-state index contributed by atoms with van der Waals surface area (Å²) in [5, 5.41) is 0. The lowest BCUT2D eigenvalue weighted by molar-refractivity contribution is 1.22. The van der Waals surface area contributed by atoms with Crippen LogP contribution in [-0.2, 0) is 6.42 Å². The first-order valence-corrected chi connectivity index (χ1v) is 5.85. The Morgan fingerprint density at radius 1 is 0.750 bits per heavy atom. The number of hydrogen-bond acceptors (Lipinski definition) is 0. The first-order valence-electron chi connectivity index (χ1n) is 5.85. The van der Waals surface area contributed by atoms with Gasteiger partial charge in [0, 0.05) is 0 Å². The maximum absolute atomic E-state index is 2.35. The zero-order valence-corrected chi connectivity index (χ0v) is 10.1. The molecule has 0 aliphatic heterocycles. The summed E-state index contributed by atoms with van der Waals surface area (Å²) in [5.74, 6) is 0. The monoisotopic (exact) mass is 208 g/mol. The largest absolute Gasteiger partial charge is 0.0587 e. The van der Waals surface area contributed by atoms with E-state index in [4.69, 9.17) is 0 Å². The van der Waals surface area contributed by atoms with E-state index in [0.29, 0.717) is 0 Å². The zero-order chi connectivity index (χ0) is 11.3. The minimum atomic E-state index is 1.10. The van der Waals surface area contributed by atoms with E-state index in [1.54, 1.807) is 0 Å². The van der Waals surface area contributed by atoms with Gasteiger partial charge in [-0.25, -0.2) is 0 Å². The summed E-state index contributed by atoms with van der Waals surface area (Å²) >= 11 is 0. The average Bonchev–Trinajstić information content (AvgIpc) is 2.55. The van der Waals surface area contributed by atoms with Crippen LogP contribution < -0.4 is 0 Å².